The molecule has 18 heavy (non-hydrogen) atoms. The van der Waals surface area contributed by atoms with Crippen LogP contribution in [0.25, 0.3) is 0 Å². The Morgan fingerprint density at radius 3 is 2.61 bits per heavy atom. The van der Waals surface area contributed by atoms with Crippen molar-refractivity contribution in [2.45, 2.75) is 38.8 Å². The van der Waals surface area contributed by atoms with E-state index in [2.05, 4.69) is 10.1 Å². The summed E-state index contributed by atoms with van der Waals surface area (Å²) in [6.07, 6.45) is 3.18. The molecule has 0 aliphatic carbocycles. The van der Waals surface area contributed by atoms with Crippen molar-refractivity contribution in [2.75, 3.05) is 18.8 Å². The first-order valence-corrected chi connectivity index (χ1v) is 7.55. The highest BCUT2D eigenvalue weighted by Crippen LogP contribution is 2.03. The third-order valence-corrected chi connectivity index (χ3v) is 3.84. The van der Waals surface area contributed by atoms with Gasteiger partial charge in [0, 0.05) is 18.8 Å². The highest BCUT2D eigenvalue weighted by Gasteiger charge is 2.16. The predicted molar refractivity (Wildman–Crippen MR) is 69.9 cm³/mol. The normalized spacial score (nSPS) is 12.4. The van der Waals surface area contributed by atoms with Gasteiger partial charge in [-0.05, 0) is 20.3 Å². The van der Waals surface area contributed by atoms with Crippen LogP contribution in [-0.2, 0) is 10.8 Å². The smallest absolute Gasteiger partial charge is 0.323 e. The Balaban J connectivity index is 2.73. The molecule has 0 saturated heterocycles. The Morgan fingerprint density at radius 1 is 1.39 bits per heavy atom. The van der Waals surface area contributed by atoms with Gasteiger partial charge in [-0.25, -0.2) is 9.78 Å². The van der Waals surface area contributed by atoms with Crippen molar-refractivity contribution in [1.82, 2.24) is 19.7 Å². The van der Waals surface area contributed by atoms with E-state index in [1.165, 1.54) is 6.33 Å². The Morgan fingerprint density at radius 2 is 2.06 bits per heavy atom. The van der Waals surface area contributed by atoms with E-state index in [1.54, 1.807) is 4.90 Å². The van der Waals surface area contributed by atoms with Gasteiger partial charge in [-0.2, -0.15) is 4.68 Å². The monoisotopic (exact) mass is 272 g/mol. The zero-order valence-corrected chi connectivity index (χ0v) is 11.9. The van der Waals surface area contributed by atoms with E-state index in [1.807, 2.05) is 20.8 Å². The lowest BCUT2D eigenvalue weighted by atomic mass is 10.4. The SMILES string of the molecule is CCCCS(=O)c1ncn(C(=O)N(CC)CC)n1. The van der Waals surface area contributed by atoms with E-state index < -0.39 is 10.8 Å². The first-order chi connectivity index (χ1) is 8.63. The van der Waals surface area contributed by atoms with Crippen molar-refractivity contribution in [1.29, 1.82) is 0 Å². The van der Waals surface area contributed by atoms with E-state index in [4.69, 9.17) is 0 Å². The maximum absolute atomic E-state index is 11.9. The van der Waals surface area contributed by atoms with Crippen LogP contribution in [0.4, 0.5) is 4.79 Å². The first-order valence-electron chi connectivity index (χ1n) is 6.23. The summed E-state index contributed by atoms with van der Waals surface area (Å²) in [5.74, 6) is 0.542. The fourth-order valence-electron chi connectivity index (χ4n) is 1.45. The number of amides is 1. The van der Waals surface area contributed by atoms with Crippen molar-refractivity contribution in [2.24, 2.45) is 0 Å². The van der Waals surface area contributed by atoms with Crippen molar-refractivity contribution in [3.63, 3.8) is 0 Å². The molecule has 0 radical (unpaired) electrons. The summed E-state index contributed by atoms with van der Waals surface area (Å²) in [5.41, 5.74) is 0. The molecule has 0 spiro atoms. The number of hydrogen-bond acceptors (Lipinski definition) is 4. The molecular weight excluding hydrogens is 252 g/mol. The summed E-state index contributed by atoms with van der Waals surface area (Å²) >= 11 is 0. The molecule has 0 fully saturated rings. The minimum atomic E-state index is -1.21. The third kappa shape index (κ3) is 3.63. The topological polar surface area (TPSA) is 68.1 Å². The van der Waals surface area contributed by atoms with Gasteiger partial charge in [0.1, 0.15) is 6.33 Å². The number of nitrogens with zero attached hydrogens (tertiary/aromatic N) is 4. The molecule has 6 nitrogen and oxygen atoms in total. The van der Waals surface area contributed by atoms with Gasteiger partial charge in [0.05, 0.1) is 10.8 Å². The highest BCUT2D eigenvalue weighted by atomic mass is 32.2. The molecule has 1 heterocycles. The molecule has 102 valence electrons. The van der Waals surface area contributed by atoms with E-state index in [-0.39, 0.29) is 11.2 Å². The average Bonchev–Trinajstić information content (AvgIpc) is 2.86. The zero-order chi connectivity index (χ0) is 13.5. The largest absolute Gasteiger partial charge is 0.346 e. The average molecular weight is 272 g/mol. The van der Waals surface area contributed by atoms with Crippen LogP contribution in [0.5, 0.6) is 0 Å². The fourth-order valence-corrected chi connectivity index (χ4v) is 2.53. The van der Waals surface area contributed by atoms with Gasteiger partial charge in [0.25, 0.3) is 0 Å². The lowest BCUT2D eigenvalue weighted by Gasteiger charge is -2.17. The van der Waals surface area contributed by atoms with Crippen molar-refractivity contribution in [3.8, 4) is 0 Å². The van der Waals surface area contributed by atoms with Crippen LogP contribution in [0.1, 0.15) is 33.6 Å². The molecule has 0 saturated carbocycles. The minimum absolute atomic E-state index is 0.230. The van der Waals surface area contributed by atoms with Crippen LogP contribution in [0.15, 0.2) is 11.5 Å². The summed E-state index contributed by atoms with van der Waals surface area (Å²) in [6.45, 7) is 7.07. The van der Waals surface area contributed by atoms with Gasteiger partial charge in [0.2, 0.25) is 5.16 Å². The number of carbonyl (C=O) groups is 1. The maximum atomic E-state index is 11.9. The summed E-state index contributed by atoms with van der Waals surface area (Å²) in [4.78, 5) is 17.5. The predicted octanol–water partition coefficient (Wildman–Crippen LogP) is 1.50. The number of unbranched alkanes of at least 4 members (excludes halogenated alkanes) is 1. The standard InChI is InChI=1S/C11H20N4O2S/c1-4-7-8-18(17)10-12-9-15(13-10)11(16)14(5-2)6-3/h9H,4-8H2,1-3H3. The van der Waals surface area contributed by atoms with E-state index in [0.29, 0.717) is 18.8 Å². The van der Waals surface area contributed by atoms with Crippen LogP contribution >= 0.6 is 0 Å². The molecule has 1 aromatic heterocycles. The Hall–Kier alpha value is -1.24. The molecule has 0 bridgehead atoms. The third-order valence-electron chi connectivity index (χ3n) is 2.59. The van der Waals surface area contributed by atoms with Crippen LogP contribution < -0.4 is 0 Å². The van der Waals surface area contributed by atoms with Crippen LogP contribution in [0.3, 0.4) is 0 Å². The highest BCUT2D eigenvalue weighted by molar-refractivity contribution is 7.84. The number of rotatable bonds is 6. The van der Waals surface area contributed by atoms with Crippen molar-refractivity contribution in [3.05, 3.63) is 6.33 Å². The van der Waals surface area contributed by atoms with Crippen molar-refractivity contribution < 1.29 is 9.00 Å². The second kappa shape index (κ2) is 7.25. The molecule has 0 aliphatic heterocycles. The summed E-state index contributed by atoms with van der Waals surface area (Å²) < 4.78 is 13.0. The molecule has 1 aromatic rings. The Bertz CT molecular complexity index is 415. The quantitative estimate of drug-likeness (QED) is 0.787. The lowest BCUT2D eigenvalue weighted by molar-refractivity contribution is 0.201. The van der Waals surface area contributed by atoms with Gasteiger partial charge < -0.3 is 4.90 Å². The summed E-state index contributed by atoms with van der Waals surface area (Å²) in [6, 6.07) is -0.230. The van der Waals surface area contributed by atoms with Crippen molar-refractivity contribution >= 4 is 16.8 Å². The molecule has 0 aliphatic rings. The molecule has 7 heteroatoms. The van der Waals surface area contributed by atoms with Gasteiger partial charge in [0.15, 0.2) is 0 Å². The number of aromatic nitrogens is 3. The maximum Gasteiger partial charge on any atom is 0.346 e. The van der Waals surface area contributed by atoms with Crippen LogP contribution in [-0.4, -0.2) is 48.7 Å². The minimum Gasteiger partial charge on any atom is -0.323 e. The van der Waals surface area contributed by atoms with E-state index >= 15 is 0 Å². The van der Waals surface area contributed by atoms with Gasteiger partial charge in [-0.1, -0.05) is 13.3 Å². The van der Waals surface area contributed by atoms with E-state index in [0.717, 1.165) is 17.5 Å². The molecular formula is C11H20N4O2S. The zero-order valence-electron chi connectivity index (χ0n) is 11.1. The molecule has 1 amide bonds. The van der Waals surface area contributed by atoms with E-state index in [9.17, 15) is 9.00 Å². The summed E-state index contributed by atoms with van der Waals surface area (Å²) in [7, 11) is -1.21. The fraction of sp³-hybridized carbons (Fsp3) is 0.727. The molecule has 1 unspecified atom stereocenters. The van der Waals surface area contributed by atoms with Crippen LogP contribution in [0.2, 0.25) is 0 Å². The molecule has 1 rings (SSSR count). The Labute approximate surface area is 110 Å². The Kier molecular flexibility index (Phi) is 5.97. The van der Waals surface area contributed by atoms with Gasteiger partial charge in [-0.15, -0.1) is 5.10 Å². The first kappa shape index (κ1) is 14.8. The number of carbonyl (C=O) groups excluding carboxylic acids is 1. The molecule has 1 atom stereocenters. The van der Waals surface area contributed by atoms with Gasteiger partial charge in [-0.3, -0.25) is 4.21 Å². The van der Waals surface area contributed by atoms with Crippen LogP contribution in [0, 0.1) is 0 Å². The second-order valence-electron chi connectivity index (χ2n) is 3.83. The number of hydrogen-bond donors (Lipinski definition) is 0. The second-order valence-corrected chi connectivity index (χ2v) is 5.29. The molecule has 0 aromatic carbocycles. The lowest BCUT2D eigenvalue weighted by Crippen LogP contribution is -2.34. The van der Waals surface area contributed by atoms with Gasteiger partial charge >= 0.3 is 6.03 Å². The summed E-state index contributed by atoms with van der Waals surface area (Å²) in [5, 5.41) is 4.23. The molecule has 0 N–H and O–H groups in total.